The van der Waals surface area contributed by atoms with Gasteiger partial charge in [-0.2, -0.15) is 11.3 Å². The molecule has 1 aliphatic carbocycles. The maximum atomic E-state index is 6.41. The first kappa shape index (κ1) is 15.0. The predicted octanol–water partition coefficient (Wildman–Crippen LogP) is 4.04. The number of hydrogen-bond donors (Lipinski definition) is 1. The molecule has 1 heterocycles. The molecule has 3 heteroatoms. The lowest BCUT2D eigenvalue weighted by Crippen LogP contribution is -2.44. The summed E-state index contributed by atoms with van der Waals surface area (Å²) in [6.07, 6.45) is 6.43. The van der Waals surface area contributed by atoms with Gasteiger partial charge in [-0.15, -0.1) is 0 Å². The van der Waals surface area contributed by atoms with Crippen LogP contribution in [0.15, 0.2) is 16.8 Å². The van der Waals surface area contributed by atoms with E-state index in [1.54, 1.807) is 11.3 Å². The highest BCUT2D eigenvalue weighted by molar-refractivity contribution is 7.07. The van der Waals surface area contributed by atoms with Gasteiger partial charge in [-0.1, -0.05) is 13.8 Å². The molecule has 0 spiro atoms. The topological polar surface area (TPSA) is 29.3 Å². The summed E-state index contributed by atoms with van der Waals surface area (Å²) in [4.78, 5) is 2.56. The molecule has 1 aromatic heterocycles. The maximum Gasteiger partial charge on any atom is 0.0507 e. The molecule has 2 nitrogen and oxygen atoms in total. The first-order chi connectivity index (χ1) is 9.13. The van der Waals surface area contributed by atoms with Gasteiger partial charge in [0.05, 0.1) is 6.04 Å². The van der Waals surface area contributed by atoms with Gasteiger partial charge in [0, 0.05) is 12.1 Å². The molecule has 2 N–H and O–H groups in total. The Bertz CT molecular complexity index is 355. The van der Waals surface area contributed by atoms with Crippen LogP contribution in [-0.2, 0) is 0 Å². The van der Waals surface area contributed by atoms with Crippen LogP contribution in [0.4, 0.5) is 0 Å². The van der Waals surface area contributed by atoms with Gasteiger partial charge in [0.15, 0.2) is 0 Å². The Morgan fingerprint density at radius 1 is 1.37 bits per heavy atom. The third kappa shape index (κ3) is 3.59. The molecular formula is C16H28N2S. The van der Waals surface area contributed by atoms with Crippen molar-refractivity contribution in [3.05, 3.63) is 22.4 Å². The standard InChI is InChI=1S/C16H28N2S/c1-4-15(17)16(13-9-10-19-11-13)18(3)14-7-5-12(2)6-8-14/h9-12,14-16H,4-8,17H2,1-3H3. The molecule has 0 bridgehead atoms. The Balaban J connectivity index is 2.09. The Morgan fingerprint density at radius 3 is 2.58 bits per heavy atom. The minimum Gasteiger partial charge on any atom is -0.326 e. The Kier molecular flexibility index (Phi) is 5.43. The van der Waals surface area contributed by atoms with Crippen molar-refractivity contribution >= 4 is 11.3 Å². The van der Waals surface area contributed by atoms with Crippen molar-refractivity contribution in [1.82, 2.24) is 4.90 Å². The second-order valence-electron chi connectivity index (χ2n) is 6.15. The smallest absolute Gasteiger partial charge is 0.0507 e. The SMILES string of the molecule is CCC(N)C(c1ccsc1)N(C)C1CCC(C)CC1. The van der Waals surface area contributed by atoms with Crippen molar-refractivity contribution in [2.45, 2.75) is 64.1 Å². The van der Waals surface area contributed by atoms with Crippen LogP contribution in [-0.4, -0.2) is 24.0 Å². The summed E-state index contributed by atoms with van der Waals surface area (Å²) in [7, 11) is 2.28. The number of nitrogens with two attached hydrogens (primary N) is 1. The minimum atomic E-state index is 0.235. The summed E-state index contributed by atoms with van der Waals surface area (Å²) in [5, 5.41) is 4.43. The molecule has 0 amide bonds. The highest BCUT2D eigenvalue weighted by Gasteiger charge is 2.30. The van der Waals surface area contributed by atoms with Crippen LogP contribution in [0.25, 0.3) is 0 Å². The molecule has 0 aromatic carbocycles. The van der Waals surface area contributed by atoms with E-state index in [2.05, 4.69) is 42.6 Å². The molecule has 1 aliphatic rings. The van der Waals surface area contributed by atoms with E-state index in [0.29, 0.717) is 12.1 Å². The highest BCUT2D eigenvalue weighted by Crippen LogP contribution is 2.33. The zero-order valence-corrected chi connectivity index (χ0v) is 13.3. The Hall–Kier alpha value is -0.380. The predicted molar refractivity (Wildman–Crippen MR) is 84.5 cm³/mol. The summed E-state index contributed by atoms with van der Waals surface area (Å²) < 4.78 is 0. The quantitative estimate of drug-likeness (QED) is 0.882. The molecule has 0 aliphatic heterocycles. The van der Waals surface area contributed by atoms with Crippen LogP contribution in [0.1, 0.15) is 57.6 Å². The van der Waals surface area contributed by atoms with E-state index < -0.39 is 0 Å². The first-order valence-corrected chi connectivity index (χ1v) is 8.57. The van der Waals surface area contributed by atoms with Crippen molar-refractivity contribution in [2.75, 3.05) is 7.05 Å². The summed E-state index contributed by atoms with van der Waals surface area (Å²) in [5.41, 5.74) is 7.81. The van der Waals surface area contributed by atoms with Crippen LogP contribution >= 0.6 is 11.3 Å². The van der Waals surface area contributed by atoms with Gasteiger partial charge in [0.1, 0.15) is 0 Å². The van der Waals surface area contributed by atoms with E-state index in [1.807, 2.05) is 0 Å². The lowest BCUT2D eigenvalue weighted by molar-refractivity contribution is 0.107. The molecule has 2 atom stereocenters. The van der Waals surface area contributed by atoms with Crippen LogP contribution in [0.3, 0.4) is 0 Å². The Morgan fingerprint density at radius 2 is 2.05 bits per heavy atom. The lowest BCUT2D eigenvalue weighted by Gasteiger charge is -2.40. The van der Waals surface area contributed by atoms with E-state index >= 15 is 0 Å². The second-order valence-corrected chi connectivity index (χ2v) is 6.93. The zero-order chi connectivity index (χ0) is 13.8. The average Bonchev–Trinajstić information content (AvgIpc) is 2.93. The molecule has 1 aromatic rings. The summed E-state index contributed by atoms with van der Waals surface area (Å²) >= 11 is 1.78. The summed E-state index contributed by atoms with van der Waals surface area (Å²) in [5.74, 6) is 0.907. The number of likely N-dealkylation sites (N-methyl/N-ethyl adjacent to an activating group) is 1. The van der Waals surface area contributed by atoms with Crippen molar-refractivity contribution in [2.24, 2.45) is 11.7 Å². The van der Waals surface area contributed by atoms with Gasteiger partial charge in [0.2, 0.25) is 0 Å². The Labute approximate surface area is 122 Å². The fraction of sp³-hybridized carbons (Fsp3) is 0.750. The molecule has 0 radical (unpaired) electrons. The van der Waals surface area contributed by atoms with Gasteiger partial charge in [-0.3, -0.25) is 4.90 Å². The third-order valence-corrected chi connectivity index (χ3v) is 5.46. The van der Waals surface area contributed by atoms with Gasteiger partial charge in [-0.05, 0) is 67.5 Å². The molecule has 108 valence electrons. The minimum absolute atomic E-state index is 0.235. The van der Waals surface area contributed by atoms with E-state index in [4.69, 9.17) is 5.73 Å². The van der Waals surface area contributed by atoms with Crippen LogP contribution in [0.5, 0.6) is 0 Å². The highest BCUT2D eigenvalue weighted by atomic mass is 32.1. The van der Waals surface area contributed by atoms with Crippen LogP contribution in [0.2, 0.25) is 0 Å². The van der Waals surface area contributed by atoms with E-state index in [1.165, 1.54) is 31.2 Å². The van der Waals surface area contributed by atoms with E-state index in [-0.39, 0.29) is 6.04 Å². The number of hydrogen-bond acceptors (Lipinski definition) is 3. The van der Waals surface area contributed by atoms with Gasteiger partial charge in [0.25, 0.3) is 0 Å². The van der Waals surface area contributed by atoms with Crippen molar-refractivity contribution in [3.8, 4) is 0 Å². The van der Waals surface area contributed by atoms with Crippen LogP contribution < -0.4 is 5.73 Å². The van der Waals surface area contributed by atoms with Gasteiger partial charge < -0.3 is 5.73 Å². The fourth-order valence-electron chi connectivity index (χ4n) is 3.33. The summed E-state index contributed by atoms with van der Waals surface area (Å²) in [6, 6.07) is 3.57. The molecule has 0 saturated heterocycles. The zero-order valence-electron chi connectivity index (χ0n) is 12.5. The van der Waals surface area contributed by atoms with Crippen LogP contribution in [0, 0.1) is 5.92 Å². The first-order valence-electron chi connectivity index (χ1n) is 7.63. The molecular weight excluding hydrogens is 252 g/mol. The van der Waals surface area contributed by atoms with E-state index in [9.17, 15) is 0 Å². The van der Waals surface area contributed by atoms with E-state index in [0.717, 1.165) is 12.3 Å². The number of thiophene rings is 1. The molecule has 1 saturated carbocycles. The normalized spacial score (nSPS) is 27.4. The van der Waals surface area contributed by atoms with Gasteiger partial charge >= 0.3 is 0 Å². The van der Waals surface area contributed by atoms with Crippen molar-refractivity contribution in [3.63, 3.8) is 0 Å². The number of nitrogens with zero attached hydrogens (tertiary/aromatic N) is 1. The second kappa shape index (κ2) is 6.87. The van der Waals surface area contributed by atoms with Crippen molar-refractivity contribution in [1.29, 1.82) is 0 Å². The summed E-state index contributed by atoms with van der Waals surface area (Å²) in [6.45, 7) is 4.57. The fourth-order valence-corrected chi connectivity index (χ4v) is 4.02. The van der Waals surface area contributed by atoms with Gasteiger partial charge in [-0.25, -0.2) is 0 Å². The largest absolute Gasteiger partial charge is 0.326 e. The third-order valence-electron chi connectivity index (χ3n) is 4.76. The lowest BCUT2D eigenvalue weighted by atomic mass is 9.85. The molecule has 2 rings (SSSR count). The average molecular weight is 280 g/mol. The monoisotopic (exact) mass is 280 g/mol. The molecule has 19 heavy (non-hydrogen) atoms. The molecule has 1 fully saturated rings. The number of rotatable bonds is 5. The molecule has 2 unspecified atom stereocenters. The maximum absolute atomic E-state index is 6.41. The van der Waals surface area contributed by atoms with Crippen molar-refractivity contribution < 1.29 is 0 Å².